The van der Waals surface area contributed by atoms with E-state index in [1.807, 2.05) is 0 Å². The number of thioether (sulfide) groups is 1. The fourth-order valence-electron chi connectivity index (χ4n) is 7.15. The van der Waals surface area contributed by atoms with Gasteiger partial charge in [0, 0.05) is 6.54 Å². The molecule has 1 saturated heterocycles. The highest BCUT2D eigenvalue weighted by Crippen LogP contribution is 2.63. The van der Waals surface area contributed by atoms with Crippen molar-refractivity contribution in [2.24, 2.45) is 35.0 Å². The minimum atomic E-state index is -0.0666. The van der Waals surface area contributed by atoms with E-state index >= 15 is 0 Å². The van der Waals surface area contributed by atoms with Crippen LogP contribution in [0.1, 0.15) is 44.9 Å². The van der Waals surface area contributed by atoms with Crippen LogP contribution in [0, 0.1) is 35.0 Å². The molecular weight excluding hydrogens is 441 g/mol. The molecule has 1 heterocycles. The molecule has 0 aromatic carbocycles. The highest BCUT2D eigenvalue weighted by molar-refractivity contribution is 14.1. The first-order valence-electron chi connectivity index (χ1n) is 10.1. The second-order valence-electron chi connectivity index (χ2n) is 8.80. The molecule has 1 N–H and O–H groups in total. The number of alkyl halides is 1. The van der Waals surface area contributed by atoms with Crippen LogP contribution < -0.4 is 5.32 Å². The predicted octanol–water partition coefficient (Wildman–Crippen LogP) is 4.95. The van der Waals surface area contributed by atoms with Gasteiger partial charge in [0.15, 0.2) is 5.12 Å². The van der Waals surface area contributed by atoms with E-state index in [0.29, 0.717) is 22.9 Å². The van der Waals surface area contributed by atoms with E-state index in [1.165, 1.54) is 44.9 Å². The lowest BCUT2D eigenvalue weighted by atomic mass is 9.58. The van der Waals surface area contributed by atoms with Crippen molar-refractivity contribution in [2.45, 2.75) is 44.9 Å². The van der Waals surface area contributed by atoms with Crippen LogP contribution in [-0.2, 0) is 4.79 Å². The van der Waals surface area contributed by atoms with Crippen molar-refractivity contribution < 1.29 is 4.79 Å². The molecule has 0 aromatic heterocycles. The third kappa shape index (κ3) is 2.49. The molecule has 5 aliphatic rings. The normalized spacial score (nSPS) is 44.9. The van der Waals surface area contributed by atoms with Gasteiger partial charge in [0.25, 0.3) is 0 Å². The van der Waals surface area contributed by atoms with Crippen LogP contribution in [-0.4, -0.2) is 22.0 Å². The summed E-state index contributed by atoms with van der Waals surface area (Å²) in [5.74, 6) is 3.49. The number of carbonyl (C=O) groups is 1. The molecule has 136 valence electrons. The van der Waals surface area contributed by atoms with Crippen molar-refractivity contribution in [3.8, 4) is 0 Å². The van der Waals surface area contributed by atoms with Crippen LogP contribution in [0.2, 0.25) is 0 Å². The van der Waals surface area contributed by atoms with Crippen molar-refractivity contribution >= 4 is 39.5 Å². The van der Waals surface area contributed by atoms with Crippen LogP contribution >= 0.6 is 34.4 Å². The summed E-state index contributed by atoms with van der Waals surface area (Å²) < 4.78 is 0.891. The van der Waals surface area contributed by atoms with Crippen molar-refractivity contribution in [3.63, 3.8) is 0 Å². The maximum atomic E-state index is 13.2. The van der Waals surface area contributed by atoms with Crippen LogP contribution in [0.3, 0.4) is 0 Å². The average Bonchev–Trinajstić information content (AvgIpc) is 3.19. The lowest BCUT2D eigenvalue weighted by Gasteiger charge is -2.46. The quantitative estimate of drug-likeness (QED) is 0.459. The molecule has 25 heavy (non-hydrogen) atoms. The van der Waals surface area contributed by atoms with Gasteiger partial charge in [-0.2, -0.15) is 0 Å². The summed E-state index contributed by atoms with van der Waals surface area (Å²) in [6.07, 6.45) is 14.4. The highest BCUT2D eigenvalue weighted by Gasteiger charge is 2.63. The largest absolute Gasteiger partial charge is 0.315 e. The number of rotatable bonds is 2. The molecule has 0 amide bonds. The van der Waals surface area contributed by atoms with E-state index < -0.39 is 0 Å². The Balaban J connectivity index is 1.49. The molecule has 1 aliphatic heterocycles. The molecule has 0 spiro atoms. The number of hydrogen-bond acceptors (Lipinski definition) is 3. The Hall–Kier alpha value is 0.190. The number of halogens is 1. The molecule has 6 atom stereocenters. The van der Waals surface area contributed by atoms with Gasteiger partial charge in [-0.1, -0.05) is 64.1 Å². The first-order chi connectivity index (χ1) is 12.3. The fraction of sp³-hybridized carbons (Fsp3) is 0.762. The standard InChI is InChI=1S/C21H28INOS/c22-12-25-20(24)21-11-23-10-14(21)9-18-17-6-5-13-3-1-2-4-15(13)16(17)7-8-19(18)21/h5-6,14-16,18-19,23H,1-4,7-12H2. The Morgan fingerprint density at radius 1 is 1.20 bits per heavy atom. The van der Waals surface area contributed by atoms with Gasteiger partial charge in [0.2, 0.25) is 0 Å². The third-order valence-corrected chi connectivity index (χ3v) is 9.80. The molecule has 4 aliphatic carbocycles. The van der Waals surface area contributed by atoms with E-state index in [0.717, 1.165) is 28.7 Å². The fourth-order valence-corrected chi connectivity index (χ4v) is 8.76. The summed E-state index contributed by atoms with van der Waals surface area (Å²) in [7, 11) is 0. The van der Waals surface area contributed by atoms with Gasteiger partial charge in [-0.15, -0.1) is 0 Å². The molecule has 5 rings (SSSR count). The zero-order valence-corrected chi connectivity index (χ0v) is 17.8. The summed E-state index contributed by atoms with van der Waals surface area (Å²) in [6.45, 7) is 1.99. The number of nitrogens with one attached hydrogen (secondary N) is 1. The Labute approximate surface area is 169 Å². The number of fused-ring (bicyclic) bond motifs is 7. The lowest BCUT2D eigenvalue weighted by molar-refractivity contribution is -0.122. The predicted molar refractivity (Wildman–Crippen MR) is 113 cm³/mol. The first-order valence-corrected chi connectivity index (χ1v) is 12.6. The van der Waals surface area contributed by atoms with Crippen molar-refractivity contribution in [1.29, 1.82) is 0 Å². The van der Waals surface area contributed by atoms with Crippen LogP contribution in [0.4, 0.5) is 0 Å². The van der Waals surface area contributed by atoms with Gasteiger partial charge in [-0.25, -0.2) is 0 Å². The highest BCUT2D eigenvalue weighted by atomic mass is 127. The monoisotopic (exact) mass is 469 g/mol. The van der Waals surface area contributed by atoms with E-state index in [-0.39, 0.29) is 5.41 Å². The summed E-state index contributed by atoms with van der Waals surface area (Å²) in [5, 5.41) is 4.08. The van der Waals surface area contributed by atoms with Gasteiger partial charge >= 0.3 is 0 Å². The van der Waals surface area contributed by atoms with Gasteiger partial charge in [0.05, 0.1) is 9.17 Å². The second-order valence-corrected chi connectivity index (χ2v) is 11.5. The Bertz CT molecular complexity index is 644. The zero-order chi connectivity index (χ0) is 17.0. The molecule has 4 heteroatoms. The van der Waals surface area contributed by atoms with Gasteiger partial charge in [-0.3, -0.25) is 4.79 Å². The minimum absolute atomic E-state index is 0.0666. The van der Waals surface area contributed by atoms with E-state index in [9.17, 15) is 4.79 Å². The van der Waals surface area contributed by atoms with Gasteiger partial charge in [0.1, 0.15) is 0 Å². The van der Waals surface area contributed by atoms with Crippen LogP contribution in [0.5, 0.6) is 0 Å². The summed E-state index contributed by atoms with van der Waals surface area (Å²) in [5.41, 5.74) is 3.42. The number of hydrogen-bond donors (Lipinski definition) is 1. The van der Waals surface area contributed by atoms with Crippen molar-refractivity contribution in [3.05, 3.63) is 23.3 Å². The molecular formula is C21H28INOS. The molecule has 4 fully saturated rings. The SMILES string of the molecule is O=C(SCI)C12CNCC1CC1C3=CC=C4CCCCC4C3CCC12. The van der Waals surface area contributed by atoms with Crippen molar-refractivity contribution in [2.75, 3.05) is 16.8 Å². The topological polar surface area (TPSA) is 29.1 Å². The minimum Gasteiger partial charge on any atom is -0.315 e. The third-order valence-electron chi connectivity index (χ3n) is 8.12. The molecule has 0 aromatic rings. The summed E-state index contributed by atoms with van der Waals surface area (Å²) in [6, 6.07) is 0. The van der Waals surface area contributed by atoms with Gasteiger partial charge < -0.3 is 5.32 Å². The second kappa shape index (κ2) is 6.66. The maximum absolute atomic E-state index is 13.2. The van der Waals surface area contributed by atoms with E-state index in [1.54, 1.807) is 22.9 Å². The van der Waals surface area contributed by atoms with Crippen LogP contribution in [0.15, 0.2) is 23.3 Å². The zero-order valence-electron chi connectivity index (χ0n) is 14.8. The summed E-state index contributed by atoms with van der Waals surface area (Å²) >= 11 is 3.92. The smallest absolute Gasteiger partial charge is 0.197 e. The molecule has 0 bridgehead atoms. The molecule has 3 saturated carbocycles. The Kier molecular flexibility index (Phi) is 4.61. The summed E-state index contributed by atoms with van der Waals surface area (Å²) in [4.78, 5) is 13.2. The average molecular weight is 469 g/mol. The first kappa shape index (κ1) is 17.3. The van der Waals surface area contributed by atoms with Gasteiger partial charge in [-0.05, 0) is 74.7 Å². The Morgan fingerprint density at radius 3 is 3.00 bits per heavy atom. The van der Waals surface area contributed by atoms with E-state index in [2.05, 4.69) is 40.1 Å². The lowest BCUT2D eigenvalue weighted by Crippen LogP contribution is -2.44. The van der Waals surface area contributed by atoms with E-state index in [4.69, 9.17) is 0 Å². The molecule has 0 radical (unpaired) electrons. The van der Waals surface area contributed by atoms with Crippen molar-refractivity contribution in [1.82, 2.24) is 5.32 Å². The number of allylic oxidation sites excluding steroid dienone is 4. The molecule has 6 unspecified atom stereocenters. The molecule has 2 nitrogen and oxygen atoms in total. The number of carbonyl (C=O) groups excluding carboxylic acids is 1. The van der Waals surface area contributed by atoms with Crippen LogP contribution in [0.25, 0.3) is 0 Å². The maximum Gasteiger partial charge on any atom is 0.197 e. The Morgan fingerprint density at radius 2 is 2.12 bits per heavy atom.